The molecule has 2 aliphatic rings. The number of amides is 1. The van der Waals surface area contributed by atoms with Gasteiger partial charge < -0.3 is 10.2 Å². The normalized spacial score (nSPS) is 21.7. The molecule has 0 aromatic heterocycles. The minimum absolute atomic E-state index is 0.171. The van der Waals surface area contributed by atoms with E-state index in [-0.39, 0.29) is 11.3 Å². The van der Waals surface area contributed by atoms with Crippen LogP contribution in [0.3, 0.4) is 0 Å². The van der Waals surface area contributed by atoms with Gasteiger partial charge in [-0.1, -0.05) is 12.1 Å². The molecule has 126 valence electrons. The molecule has 3 nitrogen and oxygen atoms in total. The number of piperidine rings is 2. The first kappa shape index (κ1) is 16.3. The number of hydrogen-bond donors (Lipinski definition) is 1. The first-order valence-corrected chi connectivity index (χ1v) is 8.07. The molecule has 2 aliphatic heterocycles. The van der Waals surface area contributed by atoms with Crippen LogP contribution in [0.1, 0.15) is 36.8 Å². The topological polar surface area (TPSA) is 32.3 Å². The summed E-state index contributed by atoms with van der Waals surface area (Å²) in [5, 5.41) is 3.28. The van der Waals surface area contributed by atoms with Gasteiger partial charge in [0.05, 0.1) is 11.0 Å². The molecule has 2 fully saturated rings. The van der Waals surface area contributed by atoms with Gasteiger partial charge in [-0.15, -0.1) is 0 Å². The van der Waals surface area contributed by atoms with Crippen LogP contribution in [0.15, 0.2) is 24.3 Å². The standard InChI is InChI=1S/C17H21F3N2O/c18-17(19,20)14-4-2-13(3-5-14)12-22-11-1-6-16(15(22)23)7-9-21-10-8-16/h2-5,21H,1,6-12H2. The van der Waals surface area contributed by atoms with E-state index in [4.69, 9.17) is 0 Å². The smallest absolute Gasteiger partial charge is 0.338 e. The summed E-state index contributed by atoms with van der Waals surface area (Å²) in [6.07, 6.45) is -0.716. The van der Waals surface area contributed by atoms with Crippen molar-refractivity contribution in [2.24, 2.45) is 5.41 Å². The Bertz CT molecular complexity index is 557. The monoisotopic (exact) mass is 326 g/mol. The van der Waals surface area contributed by atoms with Gasteiger partial charge >= 0.3 is 6.18 Å². The van der Waals surface area contributed by atoms with Gasteiger partial charge in [0.15, 0.2) is 0 Å². The first-order valence-electron chi connectivity index (χ1n) is 8.07. The van der Waals surface area contributed by atoms with Crippen molar-refractivity contribution in [3.05, 3.63) is 35.4 Å². The van der Waals surface area contributed by atoms with Gasteiger partial charge in [0.1, 0.15) is 0 Å². The van der Waals surface area contributed by atoms with Crippen LogP contribution in [-0.2, 0) is 17.5 Å². The Labute approximate surface area is 133 Å². The summed E-state index contributed by atoms with van der Waals surface area (Å²) in [4.78, 5) is 14.7. The number of hydrogen-bond acceptors (Lipinski definition) is 2. The lowest BCUT2D eigenvalue weighted by atomic mass is 9.72. The predicted octanol–water partition coefficient (Wildman–Crippen LogP) is 3.20. The summed E-state index contributed by atoms with van der Waals surface area (Å²) in [6.45, 7) is 2.81. The molecule has 1 aromatic carbocycles. The maximum atomic E-state index is 12.9. The predicted molar refractivity (Wildman–Crippen MR) is 80.6 cm³/mol. The molecule has 2 heterocycles. The third-order valence-corrected chi connectivity index (χ3v) is 5.04. The van der Waals surface area contributed by atoms with Crippen molar-refractivity contribution in [1.82, 2.24) is 10.2 Å². The van der Waals surface area contributed by atoms with E-state index in [2.05, 4.69) is 5.32 Å². The molecule has 0 radical (unpaired) electrons. The summed E-state index contributed by atoms with van der Waals surface area (Å²) in [6, 6.07) is 5.12. The van der Waals surface area contributed by atoms with E-state index in [1.54, 1.807) is 0 Å². The lowest BCUT2D eigenvalue weighted by Gasteiger charge is -2.44. The van der Waals surface area contributed by atoms with Crippen LogP contribution >= 0.6 is 0 Å². The molecular weight excluding hydrogens is 305 g/mol. The van der Waals surface area contributed by atoms with Crippen LogP contribution in [0.2, 0.25) is 0 Å². The summed E-state index contributed by atoms with van der Waals surface area (Å²) in [5.41, 5.74) is -0.159. The molecule has 0 bridgehead atoms. The van der Waals surface area contributed by atoms with E-state index in [1.807, 2.05) is 4.90 Å². The van der Waals surface area contributed by atoms with Gasteiger partial charge in [0.2, 0.25) is 5.91 Å². The molecular formula is C17H21F3N2O. The van der Waals surface area contributed by atoms with Crippen molar-refractivity contribution in [3.8, 4) is 0 Å². The summed E-state index contributed by atoms with van der Waals surface area (Å²) < 4.78 is 37.8. The minimum Gasteiger partial charge on any atom is -0.338 e. The fourth-order valence-electron chi connectivity index (χ4n) is 3.69. The average Bonchev–Trinajstić information content (AvgIpc) is 2.53. The zero-order valence-corrected chi connectivity index (χ0v) is 13.0. The fourth-order valence-corrected chi connectivity index (χ4v) is 3.69. The zero-order valence-electron chi connectivity index (χ0n) is 13.0. The van der Waals surface area contributed by atoms with Gasteiger partial charge in [0, 0.05) is 13.1 Å². The molecule has 0 atom stereocenters. The first-order chi connectivity index (χ1) is 10.9. The molecule has 1 N–H and O–H groups in total. The summed E-state index contributed by atoms with van der Waals surface area (Å²) in [7, 11) is 0. The Kier molecular flexibility index (Phi) is 4.36. The van der Waals surface area contributed by atoms with Crippen molar-refractivity contribution in [1.29, 1.82) is 0 Å². The fraction of sp³-hybridized carbons (Fsp3) is 0.588. The Morgan fingerprint density at radius 3 is 2.35 bits per heavy atom. The van der Waals surface area contributed by atoms with Gasteiger partial charge in [0.25, 0.3) is 0 Å². The van der Waals surface area contributed by atoms with Crippen molar-refractivity contribution in [2.45, 2.75) is 38.4 Å². The number of halogens is 3. The van der Waals surface area contributed by atoms with Crippen LogP contribution in [-0.4, -0.2) is 30.4 Å². The maximum Gasteiger partial charge on any atom is 0.416 e. The van der Waals surface area contributed by atoms with E-state index in [0.29, 0.717) is 13.1 Å². The highest BCUT2D eigenvalue weighted by Gasteiger charge is 2.44. The van der Waals surface area contributed by atoms with Crippen molar-refractivity contribution < 1.29 is 18.0 Å². The van der Waals surface area contributed by atoms with Crippen molar-refractivity contribution >= 4 is 5.91 Å². The van der Waals surface area contributed by atoms with E-state index in [9.17, 15) is 18.0 Å². The lowest BCUT2D eigenvalue weighted by Crippen LogP contribution is -2.52. The second-order valence-corrected chi connectivity index (χ2v) is 6.56. The second-order valence-electron chi connectivity index (χ2n) is 6.56. The van der Waals surface area contributed by atoms with E-state index in [1.165, 1.54) is 12.1 Å². The van der Waals surface area contributed by atoms with Crippen LogP contribution in [0.4, 0.5) is 13.2 Å². The van der Waals surface area contributed by atoms with E-state index in [0.717, 1.165) is 56.5 Å². The lowest BCUT2D eigenvalue weighted by molar-refractivity contribution is -0.149. The van der Waals surface area contributed by atoms with Crippen LogP contribution in [0.25, 0.3) is 0 Å². The number of nitrogens with one attached hydrogen (secondary N) is 1. The maximum absolute atomic E-state index is 12.9. The molecule has 1 spiro atoms. The number of benzene rings is 1. The Morgan fingerprint density at radius 1 is 1.09 bits per heavy atom. The summed E-state index contributed by atoms with van der Waals surface area (Å²) >= 11 is 0. The Hall–Kier alpha value is -1.56. The molecule has 3 rings (SSSR count). The highest BCUT2D eigenvalue weighted by molar-refractivity contribution is 5.83. The van der Waals surface area contributed by atoms with Crippen molar-refractivity contribution in [2.75, 3.05) is 19.6 Å². The number of carbonyl (C=O) groups is 1. The Balaban J connectivity index is 1.71. The molecule has 23 heavy (non-hydrogen) atoms. The number of rotatable bonds is 2. The summed E-state index contributed by atoms with van der Waals surface area (Å²) in [5.74, 6) is 0.171. The molecule has 1 amide bonds. The highest BCUT2D eigenvalue weighted by atomic mass is 19.4. The zero-order chi connectivity index (χ0) is 16.5. The minimum atomic E-state index is -4.32. The van der Waals surface area contributed by atoms with Gasteiger partial charge in [-0.3, -0.25) is 4.79 Å². The van der Waals surface area contributed by atoms with Gasteiger partial charge in [-0.25, -0.2) is 0 Å². The van der Waals surface area contributed by atoms with Crippen molar-refractivity contribution in [3.63, 3.8) is 0 Å². The highest BCUT2D eigenvalue weighted by Crippen LogP contribution is 2.39. The van der Waals surface area contributed by atoms with Crippen LogP contribution < -0.4 is 5.32 Å². The van der Waals surface area contributed by atoms with Gasteiger partial charge in [-0.05, 0) is 56.5 Å². The number of alkyl halides is 3. The number of carbonyl (C=O) groups excluding carboxylic acids is 1. The molecule has 2 saturated heterocycles. The van der Waals surface area contributed by atoms with Gasteiger partial charge in [-0.2, -0.15) is 13.2 Å². The molecule has 6 heteroatoms. The second kappa shape index (κ2) is 6.15. The molecule has 0 saturated carbocycles. The SMILES string of the molecule is O=C1N(Cc2ccc(C(F)(F)F)cc2)CCCC12CCNCC2. The van der Waals surface area contributed by atoms with Crippen LogP contribution in [0, 0.1) is 5.41 Å². The van der Waals surface area contributed by atoms with Crippen LogP contribution in [0.5, 0.6) is 0 Å². The number of likely N-dealkylation sites (tertiary alicyclic amines) is 1. The number of nitrogens with zero attached hydrogens (tertiary/aromatic N) is 1. The van der Waals surface area contributed by atoms with E-state index >= 15 is 0 Å². The molecule has 1 aromatic rings. The third kappa shape index (κ3) is 3.37. The average molecular weight is 326 g/mol. The van der Waals surface area contributed by atoms with E-state index < -0.39 is 11.7 Å². The largest absolute Gasteiger partial charge is 0.416 e. The quantitative estimate of drug-likeness (QED) is 0.905. The third-order valence-electron chi connectivity index (χ3n) is 5.04. The molecule has 0 unspecified atom stereocenters. The Morgan fingerprint density at radius 2 is 1.74 bits per heavy atom. The molecule has 0 aliphatic carbocycles.